The van der Waals surface area contributed by atoms with Crippen LogP contribution in [0.15, 0.2) is 54.6 Å². The monoisotopic (exact) mass is 432 g/mol. The van der Waals surface area contributed by atoms with E-state index in [1.807, 2.05) is 30.3 Å². The van der Waals surface area contributed by atoms with Crippen LogP contribution in [0.25, 0.3) is 0 Å². The molecule has 160 valence electrons. The smallest absolute Gasteiger partial charge is 0.269 e. The minimum Gasteiger partial charge on any atom is -0.369 e. The molecule has 1 saturated heterocycles. The van der Waals surface area contributed by atoms with Crippen molar-refractivity contribution in [2.45, 2.75) is 6.42 Å². The van der Waals surface area contributed by atoms with Crippen LogP contribution in [0.4, 0.5) is 11.4 Å². The van der Waals surface area contributed by atoms with E-state index in [0.29, 0.717) is 31.7 Å². The average molecular weight is 433 g/mol. The Hall–Kier alpha value is -2.98. The van der Waals surface area contributed by atoms with Crippen LogP contribution in [0.2, 0.25) is 0 Å². The summed E-state index contributed by atoms with van der Waals surface area (Å²) in [6, 6.07) is 15.6. The van der Waals surface area contributed by atoms with E-state index in [1.165, 1.54) is 28.6 Å². The van der Waals surface area contributed by atoms with Crippen molar-refractivity contribution < 1.29 is 18.1 Å². The van der Waals surface area contributed by atoms with E-state index in [2.05, 4.69) is 10.2 Å². The van der Waals surface area contributed by atoms with E-state index in [4.69, 9.17) is 0 Å². The molecular formula is C20H24N4O5S. The van der Waals surface area contributed by atoms with Gasteiger partial charge in [-0.05, 0) is 17.7 Å². The molecule has 1 N–H and O–H groups in total. The second-order valence-corrected chi connectivity index (χ2v) is 9.08. The van der Waals surface area contributed by atoms with E-state index in [0.717, 1.165) is 5.69 Å². The van der Waals surface area contributed by atoms with Crippen molar-refractivity contribution in [2.24, 2.45) is 0 Å². The molecule has 1 aliphatic heterocycles. The molecule has 0 bridgehead atoms. The molecule has 3 rings (SSSR count). The highest BCUT2D eigenvalue weighted by Gasteiger charge is 2.26. The minimum absolute atomic E-state index is 0.0209. The maximum atomic E-state index is 12.6. The zero-order valence-corrected chi connectivity index (χ0v) is 17.3. The lowest BCUT2D eigenvalue weighted by atomic mass is 10.1. The van der Waals surface area contributed by atoms with Crippen LogP contribution in [0.1, 0.15) is 5.56 Å². The van der Waals surface area contributed by atoms with Crippen LogP contribution in [-0.4, -0.2) is 62.0 Å². The summed E-state index contributed by atoms with van der Waals surface area (Å²) in [7, 11) is -3.46. The number of nitrogens with zero attached hydrogens (tertiary/aromatic N) is 3. The number of nitrogens with one attached hydrogen (secondary N) is 1. The van der Waals surface area contributed by atoms with Gasteiger partial charge in [-0.25, -0.2) is 8.42 Å². The molecule has 0 radical (unpaired) electrons. The standard InChI is InChI=1S/C20H24N4O5S/c25-20(16-17-6-8-19(9-7-17)24(26)27)21-10-15-30(28,29)23-13-11-22(12-14-23)18-4-2-1-3-5-18/h1-9H,10-16H2,(H,21,25). The van der Waals surface area contributed by atoms with Gasteiger partial charge in [0.2, 0.25) is 15.9 Å². The molecule has 30 heavy (non-hydrogen) atoms. The number of amides is 1. The van der Waals surface area contributed by atoms with Gasteiger partial charge in [-0.15, -0.1) is 0 Å². The molecule has 1 aliphatic rings. The predicted molar refractivity (Wildman–Crippen MR) is 114 cm³/mol. The Morgan fingerprint density at radius 3 is 2.23 bits per heavy atom. The molecule has 0 spiro atoms. The molecular weight excluding hydrogens is 408 g/mol. The number of rotatable bonds is 8. The van der Waals surface area contributed by atoms with E-state index in [-0.39, 0.29) is 30.3 Å². The molecule has 0 unspecified atom stereocenters. The van der Waals surface area contributed by atoms with Gasteiger partial charge in [0, 0.05) is 50.5 Å². The summed E-state index contributed by atoms with van der Waals surface area (Å²) >= 11 is 0. The number of sulfonamides is 1. The highest BCUT2D eigenvalue weighted by Crippen LogP contribution is 2.17. The first kappa shape index (κ1) is 21.7. The number of benzene rings is 2. The number of piperazine rings is 1. The molecule has 0 saturated carbocycles. The number of carbonyl (C=O) groups is 1. The van der Waals surface area contributed by atoms with Gasteiger partial charge in [0.25, 0.3) is 5.69 Å². The van der Waals surface area contributed by atoms with Gasteiger partial charge in [0.1, 0.15) is 0 Å². The first-order chi connectivity index (χ1) is 14.3. The Balaban J connectivity index is 1.42. The molecule has 10 heteroatoms. The summed E-state index contributed by atoms with van der Waals surface area (Å²) < 4.78 is 26.6. The van der Waals surface area contributed by atoms with Gasteiger partial charge in [0.15, 0.2) is 0 Å². The van der Waals surface area contributed by atoms with Crippen LogP contribution in [-0.2, 0) is 21.2 Å². The second kappa shape index (κ2) is 9.68. The van der Waals surface area contributed by atoms with Gasteiger partial charge in [-0.1, -0.05) is 30.3 Å². The second-order valence-electron chi connectivity index (χ2n) is 6.99. The van der Waals surface area contributed by atoms with Gasteiger partial charge in [0.05, 0.1) is 17.1 Å². The first-order valence-corrected chi connectivity index (χ1v) is 11.2. The van der Waals surface area contributed by atoms with Crippen molar-refractivity contribution in [3.05, 3.63) is 70.3 Å². The summed E-state index contributed by atoms with van der Waals surface area (Å²) in [5, 5.41) is 13.3. The third kappa shape index (κ3) is 5.77. The van der Waals surface area contributed by atoms with Crippen molar-refractivity contribution in [1.29, 1.82) is 0 Å². The average Bonchev–Trinajstić information content (AvgIpc) is 2.75. The topological polar surface area (TPSA) is 113 Å². The van der Waals surface area contributed by atoms with E-state index < -0.39 is 14.9 Å². The Labute approximate surface area is 175 Å². The van der Waals surface area contributed by atoms with Crippen LogP contribution in [0.3, 0.4) is 0 Å². The molecule has 1 fully saturated rings. The largest absolute Gasteiger partial charge is 0.369 e. The maximum absolute atomic E-state index is 12.6. The Bertz CT molecular complexity index is 972. The summed E-state index contributed by atoms with van der Waals surface area (Å²) in [6.45, 7) is 2.08. The summed E-state index contributed by atoms with van der Waals surface area (Å²) in [5.41, 5.74) is 1.66. The van der Waals surface area contributed by atoms with Crippen molar-refractivity contribution >= 4 is 27.3 Å². The maximum Gasteiger partial charge on any atom is 0.269 e. The lowest BCUT2D eigenvalue weighted by molar-refractivity contribution is -0.384. The number of anilines is 1. The van der Waals surface area contributed by atoms with Crippen molar-refractivity contribution in [3.63, 3.8) is 0 Å². The van der Waals surface area contributed by atoms with E-state index in [1.54, 1.807) is 0 Å². The van der Waals surface area contributed by atoms with Crippen molar-refractivity contribution in [3.8, 4) is 0 Å². The fourth-order valence-corrected chi connectivity index (χ4v) is 4.63. The van der Waals surface area contributed by atoms with Crippen molar-refractivity contribution in [1.82, 2.24) is 9.62 Å². The van der Waals surface area contributed by atoms with Crippen LogP contribution in [0, 0.1) is 10.1 Å². The summed E-state index contributed by atoms with van der Waals surface area (Å²) in [4.78, 5) is 24.3. The lowest BCUT2D eigenvalue weighted by Crippen LogP contribution is -2.50. The summed E-state index contributed by atoms with van der Waals surface area (Å²) in [5.74, 6) is -0.488. The first-order valence-electron chi connectivity index (χ1n) is 9.63. The fourth-order valence-electron chi connectivity index (χ4n) is 3.30. The predicted octanol–water partition coefficient (Wildman–Crippen LogP) is 1.41. The Morgan fingerprint density at radius 1 is 1.00 bits per heavy atom. The van der Waals surface area contributed by atoms with Gasteiger partial charge < -0.3 is 10.2 Å². The van der Waals surface area contributed by atoms with Gasteiger partial charge in [-0.2, -0.15) is 4.31 Å². The SMILES string of the molecule is O=C(Cc1ccc([N+](=O)[O-])cc1)NCCS(=O)(=O)N1CCN(c2ccccc2)CC1. The molecule has 0 aliphatic carbocycles. The highest BCUT2D eigenvalue weighted by molar-refractivity contribution is 7.89. The third-order valence-electron chi connectivity index (χ3n) is 4.95. The number of para-hydroxylation sites is 1. The number of carbonyl (C=O) groups excluding carboxylic acids is 1. The highest BCUT2D eigenvalue weighted by atomic mass is 32.2. The van der Waals surface area contributed by atoms with Crippen LogP contribution in [0.5, 0.6) is 0 Å². The molecule has 0 atom stereocenters. The third-order valence-corrected chi connectivity index (χ3v) is 6.82. The molecule has 9 nitrogen and oxygen atoms in total. The minimum atomic E-state index is -3.46. The Kier molecular flexibility index (Phi) is 7.01. The normalized spacial score (nSPS) is 15.0. The van der Waals surface area contributed by atoms with Crippen LogP contribution < -0.4 is 10.2 Å². The quantitative estimate of drug-likeness (QED) is 0.498. The van der Waals surface area contributed by atoms with Crippen molar-refractivity contribution in [2.75, 3.05) is 43.4 Å². The van der Waals surface area contributed by atoms with E-state index >= 15 is 0 Å². The molecule has 2 aromatic carbocycles. The van der Waals surface area contributed by atoms with Gasteiger partial charge >= 0.3 is 0 Å². The van der Waals surface area contributed by atoms with Crippen LogP contribution >= 0.6 is 0 Å². The zero-order chi connectivity index (χ0) is 21.6. The van der Waals surface area contributed by atoms with E-state index in [9.17, 15) is 23.3 Å². The molecule has 2 aromatic rings. The Morgan fingerprint density at radius 2 is 1.63 bits per heavy atom. The number of hydrogen-bond donors (Lipinski definition) is 1. The lowest BCUT2D eigenvalue weighted by Gasteiger charge is -2.35. The zero-order valence-electron chi connectivity index (χ0n) is 16.4. The molecule has 1 amide bonds. The summed E-state index contributed by atoms with van der Waals surface area (Å²) in [6.07, 6.45) is 0.0355. The number of nitro benzene ring substituents is 1. The number of hydrogen-bond acceptors (Lipinski definition) is 6. The number of nitro groups is 1. The molecule has 1 heterocycles. The fraction of sp³-hybridized carbons (Fsp3) is 0.350. The van der Waals surface area contributed by atoms with Gasteiger partial charge in [-0.3, -0.25) is 14.9 Å². The number of non-ortho nitro benzene ring substituents is 1. The molecule has 0 aromatic heterocycles.